The van der Waals surface area contributed by atoms with Crippen molar-refractivity contribution in [3.05, 3.63) is 273 Å². The third-order valence-electron chi connectivity index (χ3n) is 13.1. The summed E-state index contributed by atoms with van der Waals surface area (Å²) in [6.45, 7) is -5.09. The number of aromatic nitrogens is 5. The Balaban J connectivity index is 0.00000660. The van der Waals surface area contributed by atoms with Gasteiger partial charge < -0.3 is 4.98 Å². The zero-order valence-corrected chi connectivity index (χ0v) is 41.6. The predicted octanol–water partition coefficient (Wildman–Crippen LogP) is 16.5. The molecule has 0 aliphatic rings. The van der Waals surface area contributed by atoms with E-state index in [4.69, 9.17) is 13.2 Å². The Kier molecular flexibility index (Phi) is 11.2. The maximum atomic E-state index is 8.81. The Morgan fingerprint density at radius 1 is 0.342 bits per heavy atom. The summed E-state index contributed by atoms with van der Waals surface area (Å²) in [5.74, 6) is 0. The van der Waals surface area contributed by atoms with Crippen molar-refractivity contribution < 1.29 is 28.3 Å². The Hall–Kier alpha value is -8.80. The van der Waals surface area contributed by atoms with Gasteiger partial charge in [0.2, 0.25) is 0 Å². The fourth-order valence-electron chi connectivity index (χ4n) is 9.50. The van der Waals surface area contributed by atoms with Crippen LogP contribution in [0.5, 0.6) is 0 Å². The third kappa shape index (κ3) is 9.22. The van der Waals surface area contributed by atoms with Crippen LogP contribution < -0.4 is 0 Å². The van der Waals surface area contributed by atoms with Gasteiger partial charge in [0, 0.05) is 36.9 Å². The van der Waals surface area contributed by atoms with E-state index in [1.54, 1.807) is 36.7 Å². The molecule has 6 heteroatoms. The molecule has 0 saturated carbocycles. The van der Waals surface area contributed by atoms with Crippen LogP contribution in [0.15, 0.2) is 243 Å². The van der Waals surface area contributed by atoms with Crippen LogP contribution in [0.4, 0.5) is 0 Å². The molecule has 0 N–H and O–H groups in total. The van der Waals surface area contributed by atoms with Gasteiger partial charge in [-0.3, -0.25) is 9.36 Å². The van der Waals surface area contributed by atoms with Gasteiger partial charge in [0.25, 0.3) is 0 Å². The van der Waals surface area contributed by atoms with Crippen molar-refractivity contribution >= 4 is 0 Å². The van der Waals surface area contributed by atoms with Crippen molar-refractivity contribution in [3.63, 3.8) is 0 Å². The Morgan fingerprint density at radius 3 is 1.26 bits per heavy atom. The molecule has 5 nitrogen and oxygen atoms in total. The van der Waals surface area contributed by atoms with Gasteiger partial charge in [0.1, 0.15) is 0 Å². The number of pyridine rings is 1. The predicted molar refractivity (Wildman–Crippen MR) is 293 cm³/mol. The smallest absolute Gasteiger partial charge is 0.304 e. The minimum Gasteiger partial charge on any atom is -0.304 e. The largest absolute Gasteiger partial charge is 3.00 e. The average Bonchev–Trinajstić information content (AvgIpc) is 4.40. The van der Waals surface area contributed by atoms with Crippen LogP contribution in [-0.4, -0.2) is 24.5 Å². The number of para-hydroxylation sites is 2. The van der Waals surface area contributed by atoms with Crippen LogP contribution in [0.25, 0.3) is 112 Å². The minimum absolute atomic E-state index is 0. The van der Waals surface area contributed by atoms with Crippen molar-refractivity contribution in [3.8, 4) is 112 Å². The van der Waals surface area contributed by atoms with Crippen molar-refractivity contribution in [2.75, 3.05) is 0 Å². The zero-order chi connectivity index (χ0) is 53.4. The third-order valence-corrected chi connectivity index (χ3v) is 13.1. The molecule has 0 aliphatic heterocycles. The van der Waals surface area contributed by atoms with E-state index in [-0.39, 0.29) is 31.5 Å². The molecule has 0 bridgehead atoms. The first-order valence-corrected chi connectivity index (χ1v) is 23.7. The summed E-state index contributed by atoms with van der Waals surface area (Å²) in [7, 11) is 0. The maximum Gasteiger partial charge on any atom is 3.00 e. The molecule has 0 spiro atoms. The first kappa shape index (κ1) is 39.9. The summed E-state index contributed by atoms with van der Waals surface area (Å²) in [6, 6.07) is 83.3. The molecule has 0 atom stereocenters. The number of nitrogens with zero attached hydrogens (tertiary/aromatic N) is 5. The summed E-state index contributed by atoms with van der Waals surface area (Å²) < 4.78 is 55.7. The van der Waals surface area contributed by atoms with Gasteiger partial charge in [-0.2, -0.15) is 58.7 Å². The molecule has 0 unspecified atom stereocenters. The van der Waals surface area contributed by atoms with Gasteiger partial charge in [0.15, 0.2) is 0 Å². The molecule has 12 aromatic rings. The second kappa shape index (κ2) is 20.5. The molecule has 73 heavy (non-hydrogen) atoms. The molecule has 0 amide bonds. The van der Waals surface area contributed by atoms with Gasteiger partial charge >= 0.3 is 20.1 Å². The number of benzene rings is 9. The average molecular weight is 1120 g/mol. The summed E-state index contributed by atoms with van der Waals surface area (Å²) >= 11 is 0. The monoisotopic (exact) mass is 1120 g/mol. The van der Waals surface area contributed by atoms with Gasteiger partial charge in [0.05, 0.1) is 12.4 Å². The minimum atomic E-state index is -2.55. The van der Waals surface area contributed by atoms with Gasteiger partial charge in [-0.25, -0.2) is 0 Å². The molecular formula is C67H46IrN5. The van der Waals surface area contributed by atoms with E-state index < -0.39 is 13.7 Å². The standard InChI is InChI=1S/C67H46N5.Ir/c1-46-65(44-69-71(46)57-23-8-4-9-24-57)63-31-16-14-29-61(63)55-40-54(41-56(42-55)62-30-15-17-32-64(62)66-45-70-72(47(66)2)58-25-10-5-11-26-58)60-28-13-12-27-59(60)53-37-38-67(68-43-53)52-22-18-21-51(39-52)50-35-33-49(34-36-50)48-19-6-3-7-20-48;/h3-21,23,25,27-45H,1-2H3;/q-3;+3/i1D3,2D3;. The van der Waals surface area contributed by atoms with E-state index in [1.165, 1.54) is 14.9 Å². The number of hydrogen-bond donors (Lipinski definition) is 0. The van der Waals surface area contributed by atoms with Crippen molar-refractivity contribution in [2.45, 2.75) is 13.7 Å². The summed E-state index contributed by atoms with van der Waals surface area (Å²) in [5.41, 5.74) is 16.3. The Labute approximate surface area is 448 Å². The topological polar surface area (TPSA) is 48.5 Å². The maximum absolute atomic E-state index is 8.81. The van der Waals surface area contributed by atoms with Crippen LogP contribution in [0, 0.1) is 31.9 Å². The molecule has 3 aromatic heterocycles. The summed E-state index contributed by atoms with van der Waals surface area (Å²) in [4.78, 5) is 5.03. The van der Waals surface area contributed by atoms with Crippen molar-refractivity contribution in [2.24, 2.45) is 0 Å². The van der Waals surface area contributed by atoms with E-state index in [0.29, 0.717) is 33.6 Å². The molecular weight excluding hydrogens is 1070 g/mol. The van der Waals surface area contributed by atoms with Crippen molar-refractivity contribution in [1.82, 2.24) is 24.5 Å². The zero-order valence-electron chi connectivity index (χ0n) is 45.2. The molecule has 0 fully saturated rings. The second-order valence-electron chi connectivity index (χ2n) is 17.4. The fourth-order valence-corrected chi connectivity index (χ4v) is 9.50. The molecule has 9 aromatic carbocycles. The first-order valence-electron chi connectivity index (χ1n) is 26.7. The molecule has 0 saturated heterocycles. The van der Waals surface area contributed by atoms with Gasteiger partial charge in [-0.1, -0.05) is 140 Å². The molecule has 348 valence electrons. The summed E-state index contributed by atoms with van der Waals surface area (Å²) in [6.07, 6.45) is 5.13. The van der Waals surface area contributed by atoms with Crippen LogP contribution >= 0.6 is 0 Å². The number of rotatable bonds is 11. The molecule has 3 heterocycles. The normalized spacial score (nSPS) is 12.6. The van der Waals surface area contributed by atoms with Crippen LogP contribution in [0.3, 0.4) is 0 Å². The van der Waals surface area contributed by atoms with Gasteiger partial charge in [-0.15, -0.1) is 47.5 Å². The van der Waals surface area contributed by atoms with Crippen molar-refractivity contribution in [1.29, 1.82) is 0 Å². The Bertz CT molecular complexity index is 3940. The molecule has 0 aliphatic carbocycles. The first-order chi connectivity index (χ1) is 38.0. The molecule has 12 rings (SSSR count). The number of hydrogen-bond acceptors (Lipinski definition) is 3. The molecule has 0 radical (unpaired) electrons. The van der Waals surface area contributed by atoms with E-state index in [1.807, 2.05) is 121 Å². The van der Waals surface area contributed by atoms with E-state index >= 15 is 0 Å². The SMILES string of the molecule is [2H]C([2H])([2H])c1c(-c2ccccc2-c2cc(-c3ccccc3-c3ccc(-c4[c-]ccc(-c5ccc(-c6ccccc6)cc5)c4)nc3)cc(-c3ccccc3-c3cnn(-c4[c-]cccc4)c3C([2H])([2H])[2H])c2)cnn1-c1[c-]cccc1.[Ir+3]. The van der Waals surface area contributed by atoms with Gasteiger partial charge in [-0.05, 0) is 121 Å². The van der Waals surface area contributed by atoms with E-state index in [9.17, 15) is 0 Å². The fraction of sp³-hybridized carbons (Fsp3) is 0.0299. The quantitative estimate of drug-likeness (QED) is 0.121. The Morgan fingerprint density at radius 2 is 0.781 bits per heavy atom. The van der Waals surface area contributed by atoms with Crippen LogP contribution in [-0.2, 0) is 20.1 Å². The van der Waals surface area contributed by atoms with E-state index in [2.05, 4.69) is 113 Å². The van der Waals surface area contributed by atoms with Crippen LogP contribution in [0.2, 0.25) is 0 Å². The van der Waals surface area contributed by atoms with Crippen LogP contribution in [0.1, 0.15) is 19.6 Å². The second-order valence-corrected chi connectivity index (χ2v) is 17.4. The summed E-state index contributed by atoms with van der Waals surface area (Å²) in [5, 5.41) is 9.31. The van der Waals surface area contributed by atoms with E-state index in [0.717, 1.165) is 72.5 Å².